The lowest BCUT2D eigenvalue weighted by molar-refractivity contribution is -0.318. The van der Waals surface area contributed by atoms with Crippen molar-refractivity contribution in [3.8, 4) is 0 Å². The molecule has 1 aliphatic rings. The average Bonchev–Trinajstić information content (AvgIpc) is 2.71. The third-order valence-electron chi connectivity index (χ3n) is 4.61. The summed E-state index contributed by atoms with van der Waals surface area (Å²) in [6.45, 7) is 3.92. The third kappa shape index (κ3) is 6.99. The molecular formula is C17H32ClN3O8. The van der Waals surface area contributed by atoms with Crippen molar-refractivity contribution in [2.24, 2.45) is 5.29 Å². The van der Waals surface area contributed by atoms with Gasteiger partial charge >= 0.3 is 6.03 Å². The van der Waals surface area contributed by atoms with E-state index in [4.69, 9.17) is 21.1 Å². The highest BCUT2D eigenvalue weighted by Gasteiger charge is 2.49. The Morgan fingerprint density at radius 2 is 1.79 bits per heavy atom. The Kier molecular flexibility index (Phi) is 11.9. The molecule has 0 aromatic heterocycles. The van der Waals surface area contributed by atoms with Gasteiger partial charge < -0.3 is 29.9 Å². The number of aliphatic hydroxyl groups is 4. The molecule has 0 bridgehead atoms. The van der Waals surface area contributed by atoms with Crippen molar-refractivity contribution in [2.45, 2.75) is 76.5 Å². The van der Waals surface area contributed by atoms with Gasteiger partial charge in [-0.25, -0.2) is 4.79 Å². The zero-order chi connectivity index (χ0) is 22.0. The van der Waals surface area contributed by atoms with Crippen LogP contribution in [0.1, 0.15) is 39.5 Å². The van der Waals surface area contributed by atoms with Crippen LogP contribution in [0.3, 0.4) is 0 Å². The Balaban J connectivity index is 3.02. The monoisotopic (exact) mass is 441 g/mol. The minimum atomic E-state index is -1.73. The summed E-state index contributed by atoms with van der Waals surface area (Å²) in [7, 11) is 0. The van der Waals surface area contributed by atoms with E-state index in [1.807, 2.05) is 13.8 Å². The van der Waals surface area contributed by atoms with E-state index < -0.39 is 43.0 Å². The number of aliphatic hydroxyl groups excluding tert-OH is 4. The van der Waals surface area contributed by atoms with Crippen molar-refractivity contribution in [3.63, 3.8) is 0 Å². The number of urea groups is 1. The van der Waals surface area contributed by atoms with Crippen LogP contribution in [0.15, 0.2) is 5.29 Å². The summed E-state index contributed by atoms with van der Waals surface area (Å²) in [5.74, 6) is -0.0456. The second-order valence-electron chi connectivity index (χ2n) is 6.80. The summed E-state index contributed by atoms with van der Waals surface area (Å²) < 4.78 is 10.9. The zero-order valence-corrected chi connectivity index (χ0v) is 17.5. The van der Waals surface area contributed by atoms with Crippen LogP contribution in [0.4, 0.5) is 4.79 Å². The topological polar surface area (TPSA) is 152 Å². The Hall–Kier alpha value is -1.08. The first-order chi connectivity index (χ1) is 13.8. The molecule has 0 saturated carbocycles. The number of hydrogen-bond acceptors (Lipinski definition) is 9. The van der Waals surface area contributed by atoms with Gasteiger partial charge in [0.1, 0.15) is 24.4 Å². The van der Waals surface area contributed by atoms with Crippen LogP contribution in [0.2, 0.25) is 0 Å². The molecule has 1 saturated heterocycles. The normalized spacial score (nSPS) is 28.0. The zero-order valence-electron chi connectivity index (χ0n) is 16.8. The van der Waals surface area contributed by atoms with Crippen molar-refractivity contribution in [1.82, 2.24) is 9.91 Å². The van der Waals surface area contributed by atoms with Gasteiger partial charge in [-0.1, -0.05) is 26.7 Å². The lowest BCUT2D eigenvalue weighted by Crippen LogP contribution is -2.65. The Labute approximate surface area is 175 Å². The highest BCUT2D eigenvalue weighted by molar-refractivity contribution is 6.18. The molecule has 0 aromatic rings. The molecule has 1 unspecified atom stereocenters. The van der Waals surface area contributed by atoms with E-state index in [1.165, 1.54) is 0 Å². The molecule has 0 spiro atoms. The molecule has 1 rings (SSSR count). The average molecular weight is 442 g/mol. The number of amides is 2. The van der Waals surface area contributed by atoms with Crippen molar-refractivity contribution in [1.29, 1.82) is 0 Å². The fourth-order valence-electron chi connectivity index (χ4n) is 2.85. The lowest BCUT2D eigenvalue weighted by atomic mass is 9.97. The Bertz CT molecular complexity index is 503. The van der Waals surface area contributed by atoms with Gasteiger partial charge in [0.2, 0.25) is 0 Å². The molecule has 1 aliphatic heterocycles. The number of unbranched alkanes of at least 4 members (excludes halogenated alkanes) is 2. The molecular weight excluding hydrogens is 410 g/mol. The summed E-state index contributed by atoms with van der Waals surface area (Å²) in [6.07, 6.45) is -6.74. The van der Waals surface area contributed by atoms with Gasteiger partial charge in [0.25, 0.3) is 0 Å². The summed E-state index contributed by atoms with van der Waals surface area (Å²) in [5.41, 5.74) is 0. The van der Waals surface area contributed by atoms with E-state index in [0.29, 0.717) is 24.3 Å². The van der Waals surface area contributed by atoms with Crippen molar-refractivity contribution in [3.05, 3.63) is 4.91 Å². The van der Waals surface area contributed by atoms with Gasteiger partial charge in [0.15, 0.2) is 12.5 Å². The van der Waals surface area contributed by atoms with E-state index in [0.717, 1.165) is 11.3 Å². The van der Waals surface area contributed by atoms with E-state index in [2.05, 4.69) is 5.29 Å². The summed E-state index contributed by atoms with van der Waals surface area (Å²) in [4.78, 5) is 24.6. The van der Waals surface area contributed by atoms with Crippen LogP contribution < -0.4 is 0 Å². The van der Waals surface area contributed by atoms with Crippen LogP contribution in [0.25, 0.3) is 0 Å². The van der Waals surface area contributed by atoms with Gasteiger partial charge in [0.05, 0.1) is 11.8 Å². The van der Waals surface area contributed by atoms with E-state index in [1.54, 1.807) is 0 Å². The minimum absolute atomic E-state index is 0.0391. The molecule has 0 aromatic carbocycles. The van der Waals surface area contributed by atoms with Crippen LogP contribution in [0, 0.1) is 4.91 Å². The molecule has 1 heterocycles. The van der Waals surface area contributed by atoms with Crippen LogP contribution in [-0.2, 0) is 9.47 Å². The highest BCUT2D eigenvalue weighted by atomic mass is 35.5. The quantitative estimate of drug-likeness (QED) is 0.111. The van der Waals surface area contributed by atoms with E-state index in [-0.39, 0.29) is 25.6 Å². The number of halogens is 1. The SMILES string of the molecule is CCCCO[C@@H]1O[C@H](C(O)N(CCCC)C(=O)N(CCCl)N=O)[C@@H](O)[C@H](O)[C@H]1O. The number of rotatable bonds is 12. The molecule has 1 fully saturated rings. The number of nitrogens with zero attached hydrogens (tertiary/aromatic N) is 3. The maximum atomic E-state index is 12.7. The molecule has 0 radical (unpaired) electrons. The molecule has 170 valence electrons. The second-order valence-corrected chi connectivity index (χ2v) is 7.18. The number of alkyl halides is 1. The lowest BCUT2D eigenvalue weighted by Gasteiger charge is -2.44. The van der Waals surface area contributed by atoms with E-state index >= 15 is 0 Å². The summed E-state index contributed by atoms with van der Waals surface area (Å²) in [6, 6.07) is -0.915. The standard InChI is InChI=1S/C17H32ClN3O8/c1-3-5-8-20(17(26)21(19-27)9-7-18)15(25)14-12(23)11(22)13(24)16(29-14)28-10-6-4-2/h11-16,22-25H,3-10H2,1-2H3/t11-,12-,13+,14-,15?,16+/m0/s1. The highest BCUT2D eigenvalue weighted by Crippen LogP contribution is 2.26. The van der Waals surface area contributed by atoms with E-state index in [9.17, 15) is 30.1 Å². The summed E-state index contributed by atoms with van der Waals surface area (Å²) in [5, 5.41) is 44.5. The van der Waals surface area contributed by atoms with Gasteiger partial charge in [-0.05, 0) is 12.8 Å². The number of nitroso groups, excluding NO2 is 1. The van der Waals surface area contributed by atoms with Crippen LogP contribution in [-0.4, -0.2) is 98.9 Å². The maximum Gasteiger partial charge on any atom is 0.345 e. The van der Waals surface area contributed by atoms with Gasteiger partial charge in [-0.15, -0.1) is 16.5 Å². The van der Waals surface area contributed by atoms with Gasteiger partial charge in [-0.3, -0.25) is 4.90 Å². The number of carbonyl (C=O) groups is 1. The molecule has 2 amide bonds. The Morgan fingerprint density at radius 3 is 2.34 bits per heavy atom. The number of hydrogen-bond donors (Lipinski definition) is 4. The minimum Gasteiger partial charge on any atom is -0.387 e. The fraction of sp³-hybridized carbons (Fsp3) is 0.941. The molecule has 11 nitrogen and oxygen atoms in total. The smallest absolute Gasteiger partial charge is 0.345 e. The predicted molar refractivity (Wildman–Crippen MR) is 104 cm³/mol. The number of ether oxygens (including phenoxy) is 2. The first kappa shape index (κ1) is 26.0. The fourth-order valence-corrected chi connectivity index (χ4v) is 3.01. The van der Waals surface area contributed by atoms with Crippen molar-refractivity contribution < 1.29 is 34.7 Å². The summed E-state index contributed by atoms with van der Waals surface area (Å²) >= 11 is 5.58. The first-order valence-electron chi connectivity index (χ1n) is 9.80. The molecule has 29 heavy (non-hydrogen) atoms. The maximum absolute atomic E-state index is 12.7. The molecule has 4 N–H and O–H groups in total. The van der Waals surface area contributed by atoms with Gasteiger partial charge in [-0.2, -0.15) is 5.01 Å². The van der Waals surface area contributed by atoms with Crippen LogP contribution >= 0.6 is 11.6 Å². The number of carbonyl (C=O) groups excluding carboxylic acids is 1. The molecule has 6 atom stereocenters. The predicted octanol–water partition coefficient (Wildman–Crippen LogP) is 0.373. The third-order valence-corrected chi connectivity index (χ3v) is 4.78. The van der Waals surface area contributed by atoms with Crippen LogP contribution in [0.5, 0.6) is 0 Å². The Morgan fingerprint density at radius 1 is 1.14 bits per heavy atom. The van der Waals surface area contributed by atoms with Gasteiger partial charge in [0, 0.05) is 19.0 Å². The largest absolute Gasteiger partial charge is 0.387 e. The molecule has 12 heteroatoms. The van der Waals surface area contributed by atoms with Crippen molar-refractivity contribution in [2.75, 3.05) is 25.6 Å². The second kappa shape index (κ2) is 13.3. The first-order valence-corrected chi connectivity index (χ1v) is 10.3. The molecule has 0 aliphatic carbocycles. The van der Waals surface area contributed by atoms with Crippen molar-refractivity contribution >= 4 is 17.6 Å².